The van der Waals surface area contributed by atoms with Crippen molar-refractivity contribution in [3.8, 4) is 0 Å². The number of aliphatic hydroxyl groups excluding tert-OH is 1. The van der Waals surface area contributed by atoms with Crippen molar-refractivity contribution in [2.75, 3.05) is 11.9 Å². The molecule has 3 rings (SSSR count). The number of nitrogens with one attached hydrogen (secondary N) is 1. The number of hydrogen-bond donors (Lipinski definition) is 2. The molecule has 10 heteroatoms. The van der Waals surface area contributed by atoms with Crippen LogP contribution in [0.1, 0.15) is 54.2 Å². The van der Waals surface area contributed by atoms with Gasteiger partial charge in [-0.25, -0.2) is 9.97 Å². The van der Waals surface area contributed by atoms with E-state index in [2.05, 4.69) is 37.9 Å². The molecule has 0 unspecified atom stereocenters. The third-order valence-corrected chi connectivity index (χ3v) is 5.84. The van der Waals surface area contributed by atoms with Crippen molar-refractivity contribution >= 4 is 51.3 Å². The Morgan fingerprint density at radius 2 is 1.94 bits per heavy atom. The van der Waals surface area contributed by atoms with E-state index in [1.165, 1.54) is 6.33 Å². The van der Waals surface area contributed by atoms with E-state index < -0.39 is 29.3 Å². The monoisotopic (exact) mass is 544 g/mol. The first-order valence-corrected chi connectivity index (χ1v) is 11.2. The average Bonchev–Trinajstić information content (AvgIpc) is 3.21. The van der Waals surface area contributed by atoms with Crippen LogP contribution in [0, 0.1) is 14.4 Å². The van der Waals surface area contributed by atoms with Gasteiger partial charge in [-0.05, 0) is 43.4 Å². The van der Waals surface area contributed by atoms with Crippen LogP contribution < -0.4 is 5.32 Å². The second kappa shape index (κ2) is 8.62. The minimum Gasteiger partial charge on any atom is -0.459 e. The summed E-state index contributed by atoms with van der Waals surface area (Å²) in [5, 5.41) is 13.3. The molecule has 3 heterocycles. The quantitative estimate of drug-likeness (QED) is 0.449. The number of esters is 1. The largest absolute Gasteiger partial charge is 0.459 e. The summed E-state index contributed by atoms with van der Waals surface area (Å²) in [6.45, 7) is 10.6. The van der Waals surface area contributed by atoms with E-state index in [0.29, 0.717) is 23.3 Å². The van der Waals surface area contributed by atoms with Crippen molar-refractivity contribution in [2.24, 2.45) is 10.8 Å². The molecule has 2 aromatic rings. The maximum Gasteiger partial charge on any atom is 0.311 e. The lowest BCUT2D eigenvalue weighted by Gasteiger charge is -2.22. The van der Waals surface area contributed by atoms with Crippen molar-refractivity contribution in [1.82, 2.24) is 14.5 Å². The zero-order valence-electron chi connectivity index (χ0n) is 18.6. The number of aliphatic hydroxyl groups is 1. The third-order valence-electron chi connectivity index (χ3n) is 5.02. The number of halogens is 1. The molecule has 2 N–H and O–H groups in total. The van der Waals surface area contributed by atoms with Crippen LogP contribution in [0.25, 0.3) is 11.0 Å². The molecule has 0 aliphatic carbocycles. The molecule has 1 aliphatic heterocycles. The summed E-state index contributed by atoms with van der Waals surface area (Å²) in [6, 6.07) is 0. The number of fused-ring (bicyclic) bond motifs is 1. The van der Waals surface area contributed by atoms with E-state index in [0.717, 1.165) is 3.57 Å². The van der Waals surface area contributed by atoms with Gasteiger partial charge in [0, 0.05) is 21.6 Å². The van der Waals surface area contributed by atoms with Crippen molar-refractivity contribution in [3.05, 3.63) is 16.1 Å². The normalized spacial score (nSPS) is 22.0. The number of ether oxygens (including phenoxy) is 2. The molecule has 2 aromatic heterocycles. The zero-order chi connectivity index (χ0) is 23.1. The summed E-state index contributed by atoms with van der Waals surface area (Å²) < 4.78 is 14.3. The van der Waals surface area contributed by atoms with E-state index in [1.807, 2.05) is 31.5 Å². The number of hydrogen-bond acceptors (Lipinski definition) is 7. The number of carbonyl (C=O) groups is 2. The number of nitrogens with zero attached hydrogens (tertiary/aromatic N) is 3. The Morgan fingerprint density at radius 1 is 1.26 bits per heavy atom. The molecular weight excluding hydrogens is 515 g/mol. The molecule has 170 valence electrons. The van der Waals surface area contributed by atoms with Gasteiger partial charge in [-0.1, -0.05) is 20.8 Å². The van der Waals surface area contributed by atoms with Gasteiger partial charge >= 0.3 is 5.97 Å². The van der Waals surface area contributed by atoms with E-state index in [1.54, 1.807) is 20.8 Å². The van der Waals surface area contributed by atoms with E-state index in [9.17, 15) is 14.7 Å². The van der Waals surface area contributed by atoms with Crippen LogP contribution in [-0.4, -0.2) is 50.3 Å². The highest BCUT2D eigenvalue weighted by molar-refractivity contribution is 14.1. The smallest absolute Gasteiger partial charge is 0.311 e. The molecule has 0 bridgehead atoms. The van der Waals surface area contributed by atoms with E-state index in [-0.39, 0.29) is 18.5 Å². The van der Waals surface area contributed by atoms with E-state index >= 15 is 0 Å². The summed E-state index contributed by atoms with van der Waals surface area (Å²) in [5.41, 5.74) is -0.632. The Hall–Kier alpha value is -1.79. The van der Waals surface area contributed by atoms with Gasteiger partial charge in [0.25, 0.3) is 0 Å². The van der Waals surface area contributed by atoms with Crippen LogP contribution in [0.3, 0.4) is 0 Å². The predicted molar refractivity (Wildman–Crippen MR) is 123 cm³/mol. The molecule has 1 aliphatic rings. The first kappa shape index (κ1) is 23.9. The molecule has 0 radical (unpaired) electrons. The lowest BCUT2D eigenvalue weighted by molar-refractivity contribution is -0.162. The fourth-order valence-corrected chi connectivity index (χ4v) is 3.92. The van der Waals surface area contributed by atoms with Gasteiger partial charge in [0.15, 0.2) is 0 Å². The molecule has 3 atom stereocenters. The first-order valence-electron chi connectivity index (χ1n) is 10.1. The molecule has 0 saturated carbocycles. The Kier molecular flexibility index (Phi) is 6.64. The van der Waals surface area contributed by atoms with E-state index in [4.69, 9.17) is 9.47 Å². The summed E-state index contributed by atoms with van der Waals surface area (Å²) in [7, 11) is 0. The summed E-state index contributed by atoms with van der Waals surface area (Å²) >= 11 is 2.17. The molecule has 9 nitrogen and oxygen atoms in total. The van der Waals surface area contributed by atoms with Gasteiger partial charge < -0.3 is 24.5 Å². The van der Waals surface area contributed by atoms with Crippen LogP contribution in [0.2, 0.25) is 0 Å². The van der Waals surface area contributed by atoms with Crippen LogP contribution >= 0.6 is 22.6 Å². The number of anilines is 1. The van der Waals surface area contributed by atoms with Gasteiger partial charge in [-0.15, -0.1) is 0 Å². The van der Waals surface area contributed by atoms with Gasteiger partial charge in [0.1, 0.15) is 36.2 Å². The van der Waals surface area contributed by atoms with Crippen molar-refractivity contribution in [2.45, 2.75) is 66.4 Å². The van der Waals surface area contributed by atoms with Crippen molar-refractivity contribution in [3.63, 3.8) is 0 Å². The zero-order valence-corrected chi connectivity index (χ0v) is 20.8. The minimum absolute atomic E-state index is 0.150. The highest BCUT2D eigenvalue weighted by atomic mass is 127. The number of carbonyl (C=O) groups excluding carboxylic acids is 2. The Labute approximate surface area is 195 Å². The average molecular weight is 544 g/mol. The highest BCUT2D eigenvalue weighted by Crippen LogP contribution is 2.37. The topological polar surface area (TPSA) is 116 Å². The third kappa shape index (κ3) is 5.01. The fraction of sp³-hybridized carbons (Fsp3) is 0.619. The predicted octanol–water partition coefficient (Wildman–Crippen LogP) is 3.26. The molecule has 1 saturated heterocycles. The maximum atomic E-state index is 12.5. The Balaban J connectivity index is 1.91. The van der Waals surface area contributed by atoms with Crippen molar-refractivity contribution < 1.29 is 24.2 Å². The lowest BCUT2D eigenvalue weighted by Crippen LogP contribution is -2.34. The molecular formula is C21H29IN4O5. The van der Waals surface area contributed by atoms with Crippen LogP contribution in [0.4, 0.5) is 5.82 Å². The van der Waals surface area contributed by atoms with Crippen LogP contribution in [-0.2, 0) is 19.1 Å². The Morgan fingerprint density at radius 3 is 2.52 bits per heavy atom. The van der Waals surface area contributed by atoms with Crippen molar-refractivity contribution in [1.29, 1.82) is 0 Å². The van der Waals surface area contributed by atoms with Crippen LogP contribution in [0.15, 0.2) is 12.5 Å². The highest BCUT2D eigenvalue weighted by Gasteiger charge is 2.41. The van der Waals surface area contributed by atoms with Gasteiger partial charge in [-0.3, -0.25) is 9.59 Å². The summed E-state index contributed by atoms with van der Waals surface area (Å²) in [6.07, 6.45) is 1.94. The molecule has 31 heavy (non-hydrogen) atoms. The molecule has 1 amide bonds. The van der Waals surface area contributed by atoms with Gasteiger partial charge in [0.05, 0.1) is 17.4 Å². The second-order valence-corrected chi connectivity index (χ2v) is 10.9. The second-order valence-electron chi connectivity index (χ2n) is 9.75. The standard InChI is InChI=1S/C21H29IN4O5/c1-20(2,3)18(28)25-16-15-11(22)8-26(17(15)24-10-23-16)14-7-12(13(9-27)30-14)31-19(29)21(4,5)6/h8,10,12-14,27H,7,9H2,1-6H3,(H,23,24,25,28)/t12-,13+,14+/m0/s1. The number of aromatic nitrogens is 3. The fourth-order valence-electron chi connectivity index (χ4n) is 3.12. The number of rotatable bonds is 4. The van der Waals surface area contributed by atoms with Crippen LogP contribution in [0.5, 0.6) is 0 Å². The first-order chi connectivity index (χ1) is 14.3. The number of amides is 1. The molecule has 0 aromatic carbocycles. The minimum atomic E-state index is -0.652. The summed E-state index contributed by atoms with van der Waals surface area (Å²) in [4.78, 5) is 33.5. The lowest BCUT2D eigenvalue weighted by atomic mass is 9.96. The SMILES string of the molecule is CC(C)(C)C(=O)Nc1ncnc2c1c(I)cn2[C@H]1C[C@H](OC(=O)C(C)(C)C)[C@@H](CO)O1. The maximum absolute atomic E-state index is 12.5. The van der Waals surface area contributed by atoms with Gasteiger partial charge in [0.2, 0.25) is 5.91 Å². The molecule has 0 spiro atoms. The summed E-state index contributed by atoms with van der Waals surface area (Å²) in [5.74, 6) is -0.0650. The van der Waals surface area contributed by atoms with Gasteiger partial charge in [-0.2, -0.15) is 0 Å². The molecule has 1 fully saturated rings. The Bertz CT molecular complexity index is 992.